The van der Waals surface area contributed by atoms with E-state index >= 15 is 0 Å². The Balaban J connectivity index is 2.37. The van der Waals surface area contributed by atoms with Crippen LogP contribution in [0.2, 0.25) is 0 Å². The number of oxazole rings is 1. The van der Waals surface area contributed by atoms with E-state index in [0.29, 0.717) is 12.4 Å². The summed E-state index contributed by atoms with van der Waals surface area (Å²) in [6, 6.07) is 5.82. The summed E-state index contributed by atoms with van der Waals surface area (Å²) in [5, 5.41) is 0. The highest BCUT2D eigenvalue weighted by Crippen LogP contribution is 2.21. The van der Waals surface area contributed by atoms with E-state index in [0.717, 1.165) is 23.1 Å². The molecule has 0 spiro atoms. The van der Waals surface area contributed by atoms with Crippen molar-refractivity contribution in [2.75, 3.05) is 6.54 Å². The second-order valence-corrected chi connectivity index (χ2v) is 3.64. The Morgan fingerprint density at radius 2 is 2.27 bits per heavy atom. The molecule has 0 radical (unpaired) electrons. The molecule has 1 unspecified atom stereocenters. The van der Waals surface area contributed by atoms with Gasteiger partial charge in [0.2, 0.25) is 0 Å². The second-order valence-electron chi connectivity index (χ2n) is 3.64. The van der Waals surface area contributed by atoms with Crippen LogP contribution in [0.4, 0.5) is 0 Å². The summed E-state index contributed by atoms with van der Waals surface area (Å²) in [5.74, 6) is 0.676. The van der Waals surface area contributed by atoms with E-state index in [9.17, 15) is 0 Å². The quantitative estimate of drug-likeness (QED) is 0.795. The standard InChI is InChI=1S/C11H15N3O/c1-7-14-10-6-8(9(13)4-5-12)2-3-11(10)15-7/h2-3,6,9H,4-5,12-13H2,1H3. The summed E-state index contributed by atoms with van der Waals surface area (Å²) in [4.78, 5) is 4.26. The molecule has 1 aromatic carbocycles. The molecule has 0 saturated heterocycles. The number of benzene rings is 1. The lowest BCUT2D eigenvalue weighted by molar-refractivity contribution is 0.561. The third-order valence-corrected chi connectivity index (χ3v) is 2.42. The maximum atomic E-state index is 5.96. The zero-order valence-corrected chi connectivity index (χ0v) is 8.73. The van der Waals surface area contributed by atoms with Crippen molar-refractivity contribution in [1.29, 1.82) is 0 Å². The van der Waals surface area contributed by atoms with Gasteiger partial charge in [-0.2, -0.15) is 0 Å². The molecule has 4 heteroatoms. The van der Waals surface area contributed by atoms with Gasteiger partial charge in [-0.15, -0.1) is 0 Å². The molecule has 0 aliphatic heterocycles. The van der Waals surface area contributed by atoms with E-state index in [-0.39, 0.29) is 6.04 Å². The number of aromatic nitrogens is 1. The molecule has 0 aliphatic carbocycles. The molecule has 1 atom stereocenters. The predicted molar refractivity (Wildman–Crippen MR) is 59.3 cm³/mol. The molecule has 0 aliphatic rings. The summed E-state index contributed by atoms with van der Waals surface area (Å²) < 4.78 is 5.39. The van der Waals surface area contributed by atoms with Crippen molar-refractivity contribution in [1.82, 2.24) is 4.98 Å². The third-order valence-electron chi connectivity index (χ3n) is 2.42. The number of fused-ring (bicyclic) bond motifs is 1. The fourth-order valence-electron chi connectivity index (χ4n) is 1.64. The van der Waals surface area contributed by atoms with Crippen LogP contribution in [0.25, 0.3) is 11.1 Å². The minimum Gasteiger partial charge on any atom is -0.441 e. The van der Waals surface area contributed by atoms with E-state index in [1.165, 1.54) is 0 Å². The fourth-order valence-corrected chi connectivity index (χ4v) is 1.64. The smallest absolute Gasteiger partial charge is 0.192 e. The largest absolute Gasteiger partial charge is 0.441 e. The lowest BCUT2D eigenvalue weighted by Gasteiger charge is -2.09. The molecule has 1 heterocycles. The van der Waals surface area contributed by atoms with Crippen LogP contribution < -0.4 is 11.5 Å². The van der Waals surface area contributed by atoms with Crippen LogP contribution >= 0.6 is 0 Å². The summed E-state index contributed by atoms with van der Waals surface area (Å²) in [5.41, 5.74) is 14.2. The Morgan fingerprint density at radius 3 is 3.00 bits per heavy atom. The van der Waals surface area contributed by atoms with Gasteiger partial charge in [0.05, 0.1) is 0 Å². The molecule has 2 rings (SSSR count). The lowest BCUT2D eigenvalue weighted by atomic mass is 10.0. The molecule has 0 amide bonds. The fraction of sp³-hybridized carbons (Fsp3) is 0.364. The van der Waals surface area contributed by atoms with Crippen molar-refractivity contribution < 1.29 is 4.42 Å². The molecule has 80 valence electrons. The van der Waals surface area contributed by atoms with Crippen LogP contribution in [0, 0.1) is 6.92 Å². The highest BCUT2D eigenvalue weighted by atomic mass is 16.3. The first-order valence-corrected chi connectivity index (χ1v) is 5.03. The molecule has 4 N–H and O–H groups in total. The number of nitrogens with zero attached hydrogens (tertiary/aromatic N) is 1. The Labute approximate surface area is 88.3 Å². The van der Waals surface area contributed by atoms with Gasteiger partial charge in [-0.3, -0.25) is 0 Å². The van der Waals surface area contributed by atoms with Crippen molar-refractivity contribution in [2.45, 2.75) is 19.4 Å². The maximum absolute atomic E-state index is 5.96. The van der Waals surface area contributed by atoms with E-state index in [4.69, 9.17) is 15.9 Å². The van der Waals surface area contributed by atoms with E-state index in [2.05, 4.69) is 4.98 Å². The summed E-state index contributed by atoms with van der Waals surface area (Å²) in [6.07, 6.45) is 0.780. The molecule has 0 fully saturated rings. The SMILES string of the molecule is Cc1nc2cc(C(N)CCN)ccc2o1. The highest BCUT2D eigenvalue weighted by Gasteiger charge is 2.08. The van der Waals surface area contributed by atoms with Crippen molar-refractivity contribution >= 4 is 11.1 Å². The van der Waals surface area contributed by atoms with Crippen molar-refractivity contribution in [3.8, 4) is 0 Å². The first kappa shape index (κ1) is 10.1. The maximum Gasteiger partial charge on any atom is 0.192 e. The average molecular weight is 205 g/mol. The van der Waals surface area contributed by atoms with Gasteiger partial charge in [0.1, 0.15) is 5.52 Å². The molecule has 0 saturated carbocycles. The second kappa shape index (κ2) is 4.00. The lowest BCUT2D eigenvalue weighted by Crippen LogP contribution is -2.15. The van der Waals surface area contributed by atoms with Gasteiger partial charge in [0.25, 0.3) is 0 Å². The minimum absolute atomic E-state index is 0.0172. The molecular weight excluding hydrogens is 190 g/mol. The minimum atomic E-state index is -0.0172. The van der Waals surface area contributed by atoms with E-state index in [1.807, 2.05) is 25.1 Å². The third kappa shape index (κ3) is 2.00. The zero-order chi connectivity index (χ0) is 10.8. The van der Waals surface area contributed by atoms with Gasteiger partial charge in [-0.25, -0.2) is 4.98 Å². The Hall–Kier alpha value is -1.39. The molecular formula is C11H15N3O. The van der Waals surface area contributed by atoms with Gasteiger partial charge in [-0.05, 0) is 30.7 Å². The number of rotatable bonds is 3. The summed E-state index contributed by atoms with van der Waals surface area (Å²) in [6.45, 7) is 2.43. The molecule has 1 aromatic heterocycles. The average Bonchev–Trinajstić information content (AvgIpc) is 2.57. The first-order chi connectivity index (χ1) is 7.20. The number of hydrogen-bond donors (Lipinski definition) is 2. The summed E-state index contributed by atoms with van der Waals surface area (Å²) >= 11 is 0. The monoisotopic (exact) mass is 205 g/mol. The molecule has 15 heavy (non-hydrogen) atoms. The number of aryl methyl sites for hydroxylation is 1. The number of hydrogen-bond acceptors (Lipinski definition) is 4. The normalized spacial score (nSPS) is 13.3. The van der Waals surface area contributed by atoms with Gasteiger partial charge in [-0.1, -0.05) is 6.07 Å². The molecule has 0 bridgehead atoms. The Morgan fingerprint density at radius 1 is 1.47 bits per heavy atom. The van der Waals surface area contributed by atoms with Crippen LogP contribution in [0.5, 0.6) is 0 Å². The Bertz CT molecular complexity index is 464. The van der Waals surface area contributed by atoms with Gasteiger partial charge in [0, 0.05) is 13.0 Å². The van der Waals surface area contributed by atoms with Crippen molar-refractivity contribution in [2.24, 2.45) is 11.5 Å². The van der Waals surface area contributed by atoms with Crippen LogP contribution in [0.15, 0.2) is 22.6 Å². The molecule has 4 nitrogen and oxygen atoms in total. The summed E-state index contributed by atoms with van der Waals surface area (Å²) in [7, 11) is 0. The van der Waals surface area contributed by atoms with Crippen LogP contribution in [-0.2, 0) is 0 Å². The van der Waals surface area contributed by atoms with Crippen molar-refractivity contribution in [3.63, 3.8) is 0 Å². The number of nitrogens with two attached hydrogens (primary N) is 2. The van der Waals surface area contributed by atoms with Crippen LogP contribution in [0.1, 0.15) is 23.9 Å². The highest BCUT2D eigenvalue weighted by molar-refractivity contribution is 5.73. The van der Waals surface area contributed by atoms with Crippen LogP contribution in [-0.4, -0.2) is 11.5 Å². The van der Waals surface area contributed by atoms with Gasteiger partial charge < -0.3 is 15.9 Å². The van der Waals surface area contributed by atoms with E-state index in [1.54, 1.807) is 0 Å². The van der Waals surface area contributed by atoms with Crippen molar-refractivity contribution in [3.05, 3.63) is 29.7 Å². The van der Waals surface area contributed by atoms with E-state index < -0.39 is 0 Å². The van der Waals surface area contributed by atoms with Crippen LogP contribution in [0.3, 0.4) is 0 Å². The Kier molecular flexibility index (Phi) is 2.70. The first-order valence-electron chi connectivity index (χ1n) is 5.03. The van der Waals surface area contributed by atoms with Gasteiger partial charge in [0.15, 0.2) is 11.5 Å². The topological polar surface area (TPSA) is 78.1 Å². The van der Waals surface area contributed by atoms with Gasteiger partial charge >= 0.3 is 0 Å². The zero-order valence-electron chi connectivity index (χ0n) is 8.73. The molecule has 2 aromatic rings. The predicted octanol–water partition coefficient (Wildman–Crippen LogP) is 1.48.